The molecule has 0 aliphatic heterocycles. The lowest BCUT2D eigenvalue weighted by atomic mass is 10.1. The predicted molar refractivity (Wildman–Crippen MR) is 68.0 cm³/mol. The molecule has 0 aliphatic carbocycles. The monoisotopic (exact) mass is 299 g/mol. The fraction of sp³-hybridized carbons (Fsp3) is 0.333. The number of aryl methyl sites for hydroxylation is 1. The number of nitrogens with one attached hydrogen (secondary N) is 1. The number of benzene rings is 1. The van der Waals surface area contributed by atoms with E-state index in [-0.39, 0.29) is 12.5 Å². The zero-order chi connectivity index (χ0) is 13.0. The average Bonchev–Trinajstić information content (AvgIpc) is 2.25. The van der Waals surface area contributed by atoms with Gasteiger partial charge in [0.05, 0.1) is 5.92 Å². The number of carbonyl (C=O) groups is 2. The maximum Gasteiger partial charge on any atom is 0.308 e. The van der Waals surface area contributed by atoms with Gasteiger partial charge in [-0.3, -0.25) is 9.59 Å². The minimum absolute atomic E-state index is 0.129. The van der Waals surface area contributed by atoms with E-state index in [0.717, 1.165) is 10.0 Å². The summed E-state index contributed by atoms with van der Waals surface area (Å²) in [6.07, 6.45) is 0. The Morgan fingerprint density at radius 1 is 1.47 bits per heavy atom. The molecule has 0 aliphatic rings. The van der Waals surface area contributed by atoms with E-state index in [0.29, 0.717) is 5.56 Å². The number of hydrogen-bond acceptors (Lipinski definition) is 2. The van der Waals surface area contributed by atoms with Gasteiger partial charge in [-0.15, -0.1) is 0 Å². The van der Waals surface area contributed by atoms with Crippen LogP contribution in [0.2, 0.25) is 0 Å². The topological polar surface area (TPSA) is 66.4 Å². The summed E-state index contributed by atoms with van der Waals surface area (Å²) in [6.45, 7) is 3.51. The number of amides is 1. The summed E-state index contributed by atoms with van der Waals surface area (Å²) >= 11 is 3.32. The van der Waals surface area contributed by atoms with Gasteiger partial charge in [0.1, 0.15) is 0 Å². The van der Waals surface area contributed by atoms with Crippen molar-refractivity contribution in [1.29, 1.82) is 0 Å². The van der Waals surface area contributed by atoms with Gasteiger partial charge in [-0.2, -0.15) is 0 Å². The molecule has 5 heteroatoms. The second kappa shape index (κ2) is 5.82. The molecule has 0 aromatic heterocycles. The van der Waals surface area contributed by atoms with Gasteiger partial charge in [0.25, 0.3) is 5.91 Å². The lowest BCUT2D eigenvalue weighted by Crippen LogP contribution is -2.31. The van der Waals surface area contributed by atoms with Gasteiger partial charge >= 0.3 is 5.97 Å². The highest BCUT2D eigenvalue weighted by molar-refractivity contribution is 9.10. The van der Waals surface area contributed by atoms with Gasteiger partial charge < -0.3 is 10.4 Å². The lowest BCUT2D eigenvalue weighted by Gasteiger charge is -2.10. The van der Waals surface area contributed by atoms with E-state index in [1.807, 2.05) is 13.0 Å². The van der Waals surface area contributed by atoms with Crippen LogP contribution in [-0.4, -0.2) is 23.5 Å². The standard InChI is InChI=1S/C12H14BrNO3/c1-7-5-9(13)3-4-10(7)11(15)14-6-8(2)12(16)17/h3-5,8H,6H2,1-2H3,(H,14,15)(H,16,17). The Morgan fingerprint density at radius 2 is 2.12 bits per heavy atom. The molecule has 1 rings (SSSR count). The van der Waals surface area contributed by atoms with Crippen LogP contribution >= 0.6 is 15.9 Å². The van der Waals surface area contributed by atoms with Crippen molar-refractivity contribution in [3.05, 3.63) is 33.8 Å². The Balaban J connectivity index is 2.67. The Kier molecular flexibility index (Phi) is 4.69. The third kappa shape index (κ3) is 3.85. The first-order valence-electron chi connectivity index (χ1n) is 5.19. The van der Waals surface area contributed by atoms with Crippen molar-refractivity contribution in [1.82, 2.24) is 5.32 Å². The van der Waals surface area contributed by atoms with Gasteiger partial charge in [-0.25, -0.2) is 0 Å². The van der Waals surface area contributed by atoms with Gasteiger partial charge in [0.15, 0.2) is 0 Å². The summed E-state index contributed by atoms with van der Waals surface area (Å²) in [4.78, 5) is 22.4. The number of carboxylic acids is 1. The number of halogens is 1. The van der Waals surface area contributed by atoms with Crippen LogP contribution in [0.5, 0.6) is 0 Å². The number of rotatable bonds is 4. The van der Waals surface area contributed by atoms with Crippen molar-refractivity contribution in [3.63, 3.8) is 0 Å². The Hall–Kier alpha value is -1.36. The highest BCUT2D eigenvalue weighted by Crippen LogP contribution is 2.15. The van der Waals surface area contributed by atoms with Gasteiger partial charge in [-0.05, 0) is 30.7 Å². The number of hydrogen-bond donors (Lipinski definition) is 2. The van der Waals surface area contributed by atoms with E-state index in [1.54, 1.807) is 19.1 Å². The van der Waals surface area contributed by atoms with Crippen molar-refractivity contribution in [2.45, 2.75) is 13.8 Å². The van der Waals surface area contributed by atoms with E-state index in [1.165, 1.54) is 0 Å². The van der Waals surface area contributed by atoms with Crippen molar-refractivity contribution in [2.75, 3.05) is 6.54 Å². The highest BCUT2D eigenvalue weighted by Gasteiger charge is 2.14. The Labute approximate surface area is 108 Å². The molecule has 0 saturated heterocycles. The smallest absolute Gasteiger partial charge is 0.308 e. The quantitative estimate of drug-likeness (QED) is 0.896. The molecule has 1 aromatic rings. The van der Waals surface area contributed by atoms with Gasteiger partial charge in [0.2, 0.25) is 0 Å². The molecular weight excluding hydrogens is 286 g/mol. The van der Waals surface area contributed by atoms with Crippen LogP contribution in [0.25, 0.3) is 0 Å². The first-order chi connectivity index (χ1) is 7.91. The third-order valence-electron chi connectivity index (χ3n) is 2.42. The van der Waals surface area contributed by atoms with Gasteiger partial charge in [0, 0.05) is 16.6 Å². The Bertz CT molecular complexity index is 445. The number of aliphatic carboxylic acids is 1. The van der Waals surface area contributed by atoms with E-state index in [4.69, 9.17) is 5.11 Å². The molecule has 1 amide bonds. The summed E-state index contributed by atoms with van der Waals surface area (Å²) in [5.74, 6) is -1.75. The molecule has 0 radical (unpaired) electrons. The normalized spacial score (nSPS) is 11.9. The first-order valence-corrected chi connectivity index (χ1v) is 5.98. The Morgan fingerprint density at radius 3 is 2.65 bits per heavy atom. The van der Waals surface area contributed by atoms with Gasteiger partial charge in [-0.1, -0.05) is 22.9 Å². The number of carboxylic acid groups (broad SMARTS) is 1. The summed E-state index contributed by atoms with van der Waals surface area (Å²) in [5.41, 5.74) is 1.41. The molecule has 0 saturated carbocycles. The molecule has 4 nitrogen and oxygen atoms in total. The zero-order valence-corrected chi connectivity index (χ0v) is 11.2. The van der Waals surface area contributed by atoms with Crippen LogP contribution in [0.15, 0.2) is 22.7 Å². The fourth-order valence-corrected chi connectivity index (χ4v) is 1.79. The average molecular weight is 300 g/mol. The van der Waals surface area contributed by atoms with E-state index < -0.39 is 11.9 Å². The van der Waals surface area contributed by atoms with Crippen LogP contribution in [0.4, 0.5) is 0 Å². The van der Waals surface area contributed by atoms with Crippen molar-refractivity contribution < 1.29 is 14.7 Å². The molecular formula is C12H14BrNO3. The van der Waals surface area contributed by atoms with Crippen LogP contribution < -0.4 is 5.32 Å². The second-order valence-electron chi connectivity index (χ2n) is 3.91. The lowest BCUT2D eigenvalue weighted by molar-refractivity contribution is -0.140. The molecule has 1 aromatic carbocycles. The molecule has 1 unspecified atom stereocenters. The van der Waals surface area contributed by atoms with Crippen molar-refractivity contribution in [3.8, 4) is 0 Å². The van der Waals surface area contributed by atoms with E-state index in [2.05, 4.69) is 21.2 Å². The molecule has 1 atom stereocenters. The SMILES string of the molecule is Cc1cc(Br)ccc1C(=O)NCC(C)C(=O)O. The largest absolute Gasteiger partial charge is 0.481 e. The van der Waals surface area contributed by atoms with Crippen LogP contribution in [0, 0.1) is 12.8 Å². The molecule has 0 spiro atoms. The summed E-state index contributed by atoms with van der Waals surface area (Å²) in [7, 11) is 0. The maximum absolute atomic E-state index is 11.8. The predicted octanol–water partition coefficient (Wildman–Crippen LogP) is 2.21. The minimum Gasteiger partial charge on any atom is -0.481 e. The fourth-order valence-electron chi connectivity index (χ4n) is 1.31. The molecule has 2 N–H and O–H groups in total. The third-order valence-corrected chi connectivity index (χ3v) is 2.92. The molecule has 0 bridgehead atoms. The molecule has 17 heavy (non-hydrogen) atoms. The van der Waals surface area contributed by atoms with E-state index >= 15 is 0 Å². The van der Waals surface area contributed by atoms with Crippen LogP contribution in [0.1, 0.15) is 22.8 Å². The second-order valence-corrected chi connectivity index (χ2v) is 4.82. The molecule has 0 heterocycles. The van der Waals surface area contributed by atoms with E-state index in [9.17, 15) is 9.59 Å². The number of carbonyl (C=O) groups excluding carboxylic acids is 1. The van der Waals surface area contributed by atoms with Crippen molar-refractivity contribution >= 4 is 27.8 Å². The maximum atomic E-state index is 11.8. The molecule has 92 valence electrons. The van der Waals surface area contributed by atoms with Crippen LogP contribution in [-0.2, 0) is 4.79 Å². The molecule has 0 fully saturated rings. The zero-order valence-electron chi connectivity index (χ0n) is 9.66. The summed E-state index contributed by atoms with van der Waals surface area (Å²) < 4.78 is 0.908. The summed E-state index contributed by atoms with van der Waals surface area (Å²) in [6, 6.07) is 5.33. The minimum atomic E-state index is -0.919. The first kappa shape index (κ1) is 13.7. The van der Waals surface area contributed by atoms with Crippen molar-refractivity contribution in [2.24, 2.45) is 5.92 Å². The summed E-state index contributed by atoms with van der Waals surface area (Å²) in [5, 5.41) is 11.3. The van der Waals surface area contributed by atoms with Crippen LogP contribution in [0.3, 0.4) is 0 Å². The highest BCUT2D eigenvalue weighted by atomic mass is 79.9.